The monoisotopic (exact) mass is 705 g/mol. The second-order valence-electron chi connectivity index (χ2n) is 10.9. The van der Waals surface area contributed by atoms with Gasteiger partial charge in [-0.05, 0) is 45.0 Å². The maximum absolute atomic E-state index is 12.7. The number of benzene rings is 1. The molecule has 2 unspecified atom stereocenters. The van der Waals surface area contributed by atoms with Crippen LogP contribution in [-0.2, 0) is 37.8 Å². The molecule has 2 atom stereocenters. The van der Waals surface area contributed by atoms with Gasteiger partial charge >= 0.3 is 0 Å². The van der Waals surface area contributed by atoms with Crippen LogP contribution in [-0.4, -0.2) is 77.8 Å². The van der Waals surface area contributed by atoms with Crippen molar-refractivity contribution in [2.24, 2.45) is 0 Å². The number of hydrogen-bond acceptors (Lipinski definition) is 11. The Morgan fingerprint density at radius 3 is 2.16 bits per heavy atom. The van der Waals surface area contributed by atoms with Gasteiger partial charge in [-0.2, -0.15) is 4.98 Å². The van der Waals surface area contributed by atoms with Crippen LogP contribution in [0.2, 0.25) is 0 Å². The highest BCUT2D eigenvalue weighted by molar-refractivity contribution is 7.84. The first kappa shape index (κ1) is 35.6. The molecule has 0 bridgehead atoms. The standard InChI is InChI=1S/C18H21N3O3S.C16H18N4O3S/c1-13-16(19-9-8-17(13)24-11-5-10-23-2)12-25(22)18-20-14-6-3-4-7-15(14)21-18;1-9-7-17-12(10(2)14(9)23-4)8-24(21)16-18-11-5-6-13(22-3)19-15(11)20-16/h3-4,6-9H,5,10-12H2,1-2H3,(H,20,21);5-7H,8H2,1-4H3,(H,18,19,20). The van der Waals surface area contributed by atoms with Crippen molar-refractivity contribution in [1.29, 1.82) is 0 Å². The summed E-state index contributed by atoms with van der Waals surface area (Å²) in [6.45, 7) is 7.01. The Kier molecular flexibility index (Phi) is 12.0. The Hall–Kier alpha value is -4.73. The molecule has 5 aromatic heterocycles. The average molecular weight is 706 g/mol. The first-order valence-electron chi connectivity index (χ1n) is 15.4. The van der Waals surface area contributed by atoms with Crippen molar-refractivity contribution in [3.63, 3.8) is 0 Å². The lowest BCUT2D eigenvalue weighted by molar-refractivity contribution is 0.172. The molecular weight excluding hydrogens is 667 g/mol. The van der Waals surface area contributed by atoms with Gasteiger partial charge in [-0.1, -0.05) is 12.1 Å². The van der Waals surface area contributed by atoms with Crippen LogP contribution in [0.3, 0.4) is 0 Å². The van der Waals surface area contributed by atoms with Crippen LogP contribution in [0.15, 0.2) is 65.2 Å². The summed E-state index contributed by atoms with van der Waals surface area (Å²) < 4.78 is 46.6. The molecule has 5 heterocycles. The highest BCUT2D eigenvalue weighted by atomic mass is 32.2. The van der Waals surface area contributed by atoms with Gasteiger partial charge in [0.25, 0.3) is 0 Å². The predicted molar refractivity (Wildman–Crippen MR) is 188 cm³/mol. The zero-order valence-electron chi connectivity index (χ0n) is 28.2. The third-order valence-corrected chi connectivity index (χ3v) is 9.92. The molecule has 15 heteroatoms. The molecule has 0 fully saturated rings. The number of aryl methyl sites for hydroxylation is 1. The zero-order chi connectivity index (χ0) is 34.9. The number of aromatic nitrogens is 7. The van der Waals surface area contributed by atoms with Gasteiger partial charge in [0, 0.05) is 55.3 Å². The summed E-state index contributed by atoms with van der Waals surface area (Å²) in [6.07, 6.45) is 4.23. The first-order valence-corrected chi connectivity index (χ1v) is 18.0. The van der Waals surface area contributed by atoms with Crippen LogP contribution in [0, 0.1) is 20.8 Å². The minimum absolute atomic E-state index is 0.249. The SMILES string of the molecule is COCCCOc1ccnc(CS(=O)c2nc3ccccc3[nH]2)c1C.COc1ccc2[nH]c(S(=O)Cc3ncc(C)c(OC)c3C)nc2n1. The summed E-state index contributed by atoms with van der Waals surface area (Å²) in [5.74, 6) is 2.54. The van der Waals surface area contributed by atoms with Crippen molar-refractivity contribution < 1.29 is 27.4 Å². The molecule has 0 radical (unpaired) electrons. The number of para-hydroxylation sites is 2. The van der Waals surface area contributed by atoms with E-state index in [1.807, 2.05) is 51.1 Å². The summed E-state index contributed by atoms with van der Waals surface area (Å²) >= 11 is 0. The molecule has 0 saturated heterocycles. The van der Waals surface area contributed by atoms with E-state index in [1.165, 1.54) is 0 Å². The van der Waals surface area contributed by atoms with E-state index < -0.39 is 21.6 Å². The minimum atomic E-state index is -1.37. The second-order valence-corrected chi connectivity index (χ2v) is 13.7. The van der Waals surface area contributed by atoms with Gasteiger partial charge < -0.3 is 28.9 Å². The van der Waals surface area contributed by atoms with Crippen molar-refractivity contribution in [3.8, 4) is 17.4 Å². The fraction of sp³-hybridized carbons (Fsp3) is 0.324. The Morgan fingerprint density at radius 1 is 0.735 bits per heavy atom. The average Bonchev–Trinajstić information content (AvgIpc) is 3.74. The Bertz CT molecular complexity index is 2070. The number of H-pyrrole nitrogens is 2. The van der Waals surface area contributed by atoms with Crippen molar-refractivity contribution >= 4 is 43.8 Å². The number of pyridine rings is 3. The summed E-state index contributed by atoms with van der Waals surface area (Å²) in [4.78, 5) is 27.8. The maximum atomic E-state index is 12.7. The molecule has 0 aliphatic carbocycles. The molecule has 0 spiro atoms. The molecule has 0 aliphatic heterocycles. The first-order chi connectivity index (χ1) is 23.7. The molecular formula is C34H39N7O6S2. The van der Waals surface area contributed by atoms with Crippen molar-refractivity contribution in [2.75, 3.05) is 34.5 Å². The highest BCUT2D eigenvalue weighted by Gasteiger charge is 2.17. The smallest absolute Gasteiger partial charge is 0.215 e. The lowest BCUT2D eigenvalue weighted by Crippen LogP contribution is -2.06. The lowest BCUT2D eigenvalue weighted by atomic mass is 10.1. The van der Waals surface area contributed by atoms with E-state index >= 15 is 0 Å². The topological polar surface area (TPSA) is 167 Å². The lowest BCUT2D eigenvalue weighted by Gasteiger charge is -2.11. The number of methoxy groups -OCH3 is 3. The van der Waals surface area contributed by atoms with Crippen molar-refractivity contribution in [1.82, 2.24) is 34.9 Å². The van der Waals surface area contributed by atoms with Gasteiger partial charge in [-0.15, -0.1) is 0 Å². The van der Waals surface area contributed by atoms with Gasteiger partial charge in [0.05, 0.1) is 81.9 Å². The maximum Gasteiger partial charge on any atom is 0.215 e. The molecule has 258 valence electrons. The largest absolute Gasteiger partial charge is 0.496 e. The Morgan fingerprint density at radius 2 is 1.45 bits per heavy atom. The summed E-state index contributed by atoms with van der Waals surface area (Å²) in [5, 5.41) is 0.834. The second kappa shape index (κ2) is 16.6. The Balaban J connectivity index is 0.000000191. The van der Waals surface area contributed by atoms with E-state index in [-0.39, 0.29) is 5.75 Å². The fourth-order valence-corrected chi connectivity index (χ4v) is 7.15. The number of fused-ring (bicyclic) bond motifs is 2. The van der Waals surface area contributed by atoms with E-state index in [9.17, 15) is 8.42 Å². The van der Waals surface area contributed by atoms with Gasteiger partial charge in [-0.3, -0.25) is 18.4 Å². The highest BCUT2D eigenvalue weighted by Crippen LogP contribution is 2.26. The van der Waals surface area contributed by atoms with Gasteiger partial charge in [0.1, 0.15) is 11.5 Å². The van der Waals surface area contributed by atoms with E-state index in [0.717, 1.165) is 57.0 Å². The van der Waals surface area contributed by atoms with Crippen LogP contribution in [0.5, 0.6) is 17.4 Å². The summed E-state index contributed by atoms with van der Waals surface area (Å²) in [6, 6.07) is 13.0. The molecule has 13 nitrogen and oxygen atoms in total. The van der Waals surface area contributed by atoms with E-state index in [4.69, 9.17) is 18.9 Å². The van der Waals surface area contributed by atoms with Gasteiger partial charge in [0.15, 0.2) is 16.0 Å². The number of hydrogen-bond donors (Lipinski definition) is 2. The van der Waals surface area contributed by atoms with Crippen LogP contribution >= 0.6 is 0 Å². The van der Waals surface area contributed by atoms with Crippen molar-refractivity contribution in [2.45, 2.75) is 49.0 Å². The summed E-state index contributed by atoms with van der Waals surface area (Å²) in [7, 11) is 2.16. The van der Waals surface area contributed by atoms with Crippen LogP contribution in [0.25, 0.3) is 22.2 Å². The van der Waals surface area contributed by atoms with E-state index in [0.29, 0.717) is 46.3 Å². The van der Waals surface area contributed by atoms with Crippen LogP contribution < -0.4 is 14.2 Å². The third kappa shape index (κ3) is 8.66. The zero-order valence-corrected chi connectivity index (χ0v) is 29.9. The normalized spacial score (nSPS) is 12.4. The van der Waals surface area contributed by atoms with Gasteiger partial charge in [0.2, 0.25) is 5.88 Å². The number of nitrogens with one attached hydrogen (secondary N) is 2. The fourth-order valence-electron chi connectivity index (χ4n) is 4.96. The van der Waals surface area contributed by atoms with Crippen molar-refractivity contribution in [3.05, 3.63) is 82.9 Å². The number of rotatable bonds is 13. The molecule has 0 amide bonds. The Labute approximate surface area is 289 Å². The van der Waals surface area contributed by atoms with E-state index in [2.05, 4.69) is 34.9 Å². The van der Waals surface area contributed by atoms with E-state index in [1.54, 1.807) is 45.9 Å². The minimum Gasteiger partial charge on any atom is -0.496 e. The van der Waals surface area contributed by atoms with Crippen LogP contribution in [0.1, 0.15) is 34.5 Å². The molecule has 6 aromatic rings. The molecule has 0 aliphatic rings. The number of imidazole rings is 2. The molecule has 2 N–H and O–H groups in total. The van der Waals surface area contributed by atoms with Crippen LogP contribution in [0.4, 0.5) is 0 Å². The molecule has 0 saturated carbocycles. The number of nitrogens with zero attached hydrogens (tertiary/aromatic N) is 5. The number of ether oxygens (including phenoxy) is 4. The number of aromatic amines is 2. The van der Waals surface area contributed by atoms with Gasteiger partial charge in [-0.25, -0.2) is 9.97 Å². The molecule has 6 rings (SSSR count). The third-order valence-electron chi connectivity index (χ3n) is 7.60. The predicted octanol–water partition coefficient (Wildman–Crippen LogP) is 5.28. The quantitative estimate of drug-likeness (QED) is 0.150. The molecule has 49 heavy (non-hydrogen) atoms. The molecule has 1 aromatic carbocycles. The summed E-state index contributed by atoms with van der Waals surface area (Å²) in [5.41, 5.74) is 7.10.